The second-order valence-electron chi connectivity index (χ2n) is 7.41. The molecule has 1 atom stereocenters. The Hall–Kier alpha value is -3.61. The van der Waals surface area contributed by atoms with E-state index in [-0.39, 0.29) is 23.5 Å². The van der Waals surface area contributed by atoms with Gasteiger partial charge >= 0.3 is 5.97 Å². The summed E-state index contributed by atoms with van der Waals surface area (Å²) in [5.41, 5.74) is 0.964. The zero-order chi connectivity index (χ0) is 22.3. The van der Waals surface area contributed by atoms with Crippen molar-refractivity contribution in [3.63, 3.8) is 0 Å². The first-order valence-electron chi connectivity index (χ1n) is 10.1. The van der Waals surface area contributed by atoms with Crippen LogP contribution in [0, 0.1) is 5.82 Å². The Morgan fingerprint density at radius 1 is 1.19 bits per heavy atom. The van der Waals surface area contributed by atoms with Crippen molar-refractivity contribution in [1.29, 1.82) is 0 Å². The van der Waals surface area contributed by atoms with E-state index < -0.39 is 23.6 Å². The number of hydrogen-bond acceptors (Lipinski definition) is 4. The smallest absolute Gasteiger partial charge is 0.310 e. The molecule has 0 spiro atoms. The fourth-order valence-corrected chi connectivity index (χ4v) is 4.19. The van der Waals surface area contributed by atoms with E-state index in [0.29, 0.717) is 40.7 Å². The summed E-state index contributed by atoms with van der Waals surface area (Å²) < 4.78 is 20.8. The number of carboxylic acids is 1. The zero-order valence-corrected chi connectivity index (χ0v) is 17.2. The Balaban J connectivity index is 1.81. The Morgan fingerprint density at radius 2 is 1.90 bits per heavy atom. The molecular formula is C24H22FNO5. The number of carboxylic acid groups (broad SMARTS) is 1. The van der Waals surface area contributed by atoms with Gasteiger partial charge < -0.3 is 19.8 Å². The summed E-state index contributed by atoms with van der Waals surface area (Å²) in [6.45, 7) is 3.83. The Kier molecular flexibility index (Phi) is 5.27. The number of anilines is 1. The largest absolute Gasteiger partial charge is 0.507 e. The number of hydrogen-bond donors (Lipinski definition) is 2. The molecule has 3 aromatic rings. The molecule has 31 heavy (non-hydrogen) atoms. The number of phenols is 1. The van der Waals surface area contributed by atoms with Crippen LogP contribution < -0.4 is 9.64 Å². The third-order valence-corrected chi connectivity index (χ3v) is 5.68. The van der Waals surface area contributed by atoms with Crippen molar-refractivity contribution in [1.82, 2.24) is 0 Å². The number of amides is 1. The number of carbonyl (C=O) groups is 2. The Labute approximate surface area is 178 Å². The van der Waals surface area contributed by atoms with E-state index >= 15 is 4.39 Å². The van der Waals surface area contributed by atoms with Gasteiger partial charge in [0.1, 0.15) is 17.3 Å². The number of aliphatic carboxylic acids is 1. The number of nitrogens with zero attached hydrogens (tertiary/aromatic N) is 1. The van der Waals surface area contributed by atoms with E-state index in [0.717, 1.165) is 6.07 Å². The molecule has 7 heteroatoms. The molecule has 1 aliphatic heterocycles. The SMILES string of the molecule is CCOc1c2c(c(O)c3ccccc13)CN(c1ccc(C(CC)C(=O)O)cc1F)C2=O. The molecule has 0 bridgehead atoms. The van der Waals surface area contributed by atoms with Crippen LogP contribution in [0.4, 0.5) is 10.1 Å². The fraction of sp³-hybridized carbons (Fsp3) is 0.250. The topological polar surface area (TPSA) is 87.1 Å². The molecule has 0 aliphatic carbocycles. The van der Waals surface area contributed by atoms with Gasteiger partial charge in [-0.3, -0.25) is 9.59 Å². The van der Waals surface area contributed by atoms with Gasteiger partial charge in [-0.15, -0.1) is 0 Å². The van der Waals surface area contributed by atoms with Crippen LogP contribution >= 0.6 is 0 Å². The Bertz CT molecular complexity index is 1210. The summed E-state index contributed by atoms with van der Waals surface area (Å²) in [5, 5.41) is 21.3. The molecule has 1 amide bonds. The van der Waals surface area contributed by atoms with Crippen LogP contribution in [0.15, 0.2) is 42.5 Å². The van der Waals surface area contributed by atoms with Crippen molar-refractivity contribution in [2.24, 2.45) is 0 Å². The van der Waals surface area contributed by atoms with Gasteiger partial charge in [0.25, 0.3) is 5.91 Å². The average molecular weight is 423 g/mol. The standard InChI is InChI=1S/C24H22FNO5/c1-3-14(24(29)30)13-9-10-19(18(25)11-13)26-12-17-20(23(26)28)22(31-4-2)16-8-6-5-7-15(16)21(17)27/h5-11,14,27H,3-4,12H2,1-2H3,(H,29,30). The zero-order valence-electron chi connectivity index (χ0n) is 17.2. The third kappa shape index (κ3) is 3.26. The second kappa shape index (κ2) is 7.91. The molecule has 1 aliphatic rings. The van der Waals surface area contributed by atoms with Crippen molar-refractivity contribution in [2.75, 3.05) is 11.5 Å². The monoisotopic (exact) mass is 423 g/mol. The van der Waals surface area contributed by atoms with Crippen LogP contribution in [0.3, 0.4) is 0 Å². The lowest BCUT2D eigenvalue weighted by atomic mass is 9.96. The molecule has 0 fully saturated rings. The first kappa shape index (κ1) is 20.7. The van der Waals surface area contributed by atoms with Crippen molar-refractivity contribution in [2.45, 2.75) is 32.7 Å². The maximum Gasteiger partial charge on any atom is 0.310 e. The van der Waals surface area contributed by atoms with E-state index in [2.05, 4.69) is 0 Å². The quantitative estimate of drug-likeness (QED) is 0.594. The number of fused-ring (bicyclic) bond motifs is 2. The molecule has 2 N–H and O–H groups in total. The minimum absolute atomic E-state index is 0.0166. The van der Waals surface area contributed by atoms with E-state index in [1.165, 1.54) is 17.0 Å². The van der Waals surface area contributed by atoms with Gasteiger partial charge in [0, 0.05) is 16.3 Å². The number of phenolic OH excluding ortho intramolecular Hbond substituents is 1. The highest BCUT2D eigenvalue weighted by atomic mass is 19.1. The summed E-state index contributed by atoms with van der Waals surface area (Å²) in [7, 11) is 0. The number of aromatic hydroxyl groups is 1. The highest BCUT2D eigenvalue weighted by Crippen LogP contribution is 2.45. The molecule has 4 rings (SSSR count). The predicted molar refractivity (Wildman–Crippen MR) is 114 cm³/mol. The van der Waals surface area contributed by atoms with Crippen LogP contribution in [0.1, 0.15) is 47.7 Å². The molecule has 0 radical (unpaired) electrons. The van der Waals surface area contributed by atoms with Crippen LogP contribution in [-0.4, -0.2) is 28.7 Å². The highest BCUT2D eigenvalue weighted by Gasteiger charge is 2.37. The molecule has 0 aromatic heterocycles. The molecule has 160 valence electrons. The fourth-order valence-electron chi connectivity index (χ4n) is 4.19. The lowest BCUT2D eigenvalue weighted by Gasteiger charge is -2.18. The number of benzene rings is 3. The minimum Gasteiger partial charge on any atom is -0.507 e. The highest BCUT2D eigenvalue weighted by molar-refractivity contribution is 6.16. The van der Waals surface area contributed by atoms with Crippen molar-refractivity contribution in [3.8, 4) is 11.5 Å². The lowest BCUT2D eigenvalue weighted by molar-refractivity contribution is -0.138. The summed E-state index contributed by atoms with van der Waals surface area (Å²) in [4.78, 5) is 25.9. The number of halogens is 1. The maximum atomic E-state index is 15.0. The van der Waals surface area contributed by atoms with Crippen molar-refractivity contribution >= 4 is 28.3 Å². The molecule has 0 saturated heterocycles. The van der Waals surface area contributed by atoms with Crippen molar-refractivity contribution < 1.29 is 28.9 Å². The lowest BCUT2D eigenvalue weighted by Crippen LogP contribution is -2.24. The summed E-state index contributed by atoms with van der Waals surface area (Å²) in [6, 6.07) is 11.2. The van der Waals surface area contributed by atoms with Gasteiger partial charge in [0.05, 0.1) is 30.3 Å². The van der Waals surface area contributed by atoms with E-state index in [4.69, 9.17) is 4.74 Å². The summed E-state index contributed by atoms with van der Waals surface area (Å²) in [6.07, 6.45) is 0.320. The summed E-state index contributed by atoms with van der Waals surface area (Å²) in [5.74, 6) is -2.69. The van der Waals surface area contributed by atoms with E-state index in [9.17, 15) is 19.8 Å². The van der Waals surface area contributed by atoms with Crippen molar-refractivity contribution in [3.05, 3.63) is 65.0 Å². The summed E-state index contributed by atoms with van der Waals surface area (Å²) >= 11 is 0. The van der Waals surface area contributed by atoms with E-state index in [1.807, 2.05) is 0 Å². The van der Waals surface area contributed by atoms with Gasteiger partial charge in [-0.25, -0.2) is 4.39 Å². The van der Waals surface area contributed by atoms with Gasteiger partial charge in [-0.1, -0.05) is 37.3 Å². The first-order chi connectivity index (χ1) is 14.9. The molecule has 3 aromatic carbocycles. The van der Waals surface area contributed by atoms with Gasteiger partial charge in [0.2, 0.25) is 0 Å². The van der Waals surface area contributed by atoms with Crippen LogP contribution in [-0.2, 0) is 11.3 Å². The Morgan fingerprint density at radius 3 is 2.52 bits per heavy atom. The second-order valence-corrected chi connectivity index (χ2v) is 7.41. The normalized spacial score (nSPS) is 14.0. The minimum atomic E-state index is -1.03. The molecular weight excluding hydrogens is 401 g/mol. The maximum absolute atomic E-state index is 15.0. The molecule has 1 unspecified atom stereocenters. The average Bonchev–Trinajstić information content (AvgIpc) is 3.09. The van der Waals surface area contributed by atoms with Crippen LogP contribution in [0.5, 0.6) is 11.5 Å². The number of ether oxygens (including phenoxy) is 1. The number of carbonyl (C=O) groups excluding carboxylic acids is 1. The van der Waals surface area contributed by atoms with Gasteiger partial charge in [-0.2, -0.15) is 0 Å². The first-order valence-corrected chi connectivity index (χ1v) is 10.1. The molecule has 0 saturated carbocycles. The van der Waals surface area contributed by atoms with E-state index in [1.54, 1.807) is 38.1 Å². The predicted octanol–water partition coefficient (Wildman–Crippen LogP) is 4.82. The molecule has 1 heterocycles. The van der Waals surface area contributed by atoms with Crippen LogP contribution in [0.25, 0.3) is 10.8 Å². The van der Waals surface area contributed by atoms with Crippen LogP contribution in [0.2, 0.25) is 0 Å². The van der Waals surface area contributed by atoms with Gasteiger partial charge in [-0.05, 0) is 31.0 Å². The third-order valence-electron chi connectivity index (χ3n) is 5.68. The number of rotatable bonds is 6. The molecule has 6 nitrogen and oxygen atoms in total. The van der Waals surface area contributed by atoms with Gasteiger partial charge in [0.15, 0.2) is 0 Å².